The van der Waals surface area contributed by atoms with Crippen LogP contribution in [0.5, 0.6) is 5.75 Å². The summed E-state index contributed by atoms with van der Waals surface area (Å²) >= 11 is 6.20. The summed E-state index contributed by atoms with van der Waals surface area (Å²) in [6.07, 6.45) is 4.15. The molecule has 2 N–H and O–H groups in total. The summed E-state index contributed by atoms with van der Waals surface area (Å²) in [6.45, 7) is 0.503. The van der Waals surface area contributed by atoms with Crippen LogP contribution in [0.4, 0.5) is 0 Å². The van der Waals surface area contributed by atoms with Gasteiger partial charge in [0.1, 0.15) is 11.8 Å². The quantitative estimate of drug-likeness (QED) is 0.780. The summed E-state index contributed by atoms with van der Waals surface area (Å²) in [5.41, 5.74) is 1.80. The number of carbonyl (C=O) groups excluding carboxylic acids is 1. The Morgan fingerprint density at radius 1 is 1.46 bits per heavy atom. The molecule has 1 aromatic carbocycles. The normalized spacial score (nSPS) is 11.5. The van der Waals surface area contributed by atoms with Crippen molar-refractivity contribution in [3.63, 3.8) is 0 Å². The Bertz CT molecular complexity index is 676. The molecule has 0 aliphatic heterocycles. The summed E-state index contributed by atoms with van der Waals surface area (Å²) < 4.78 is 6.79. The van der Waals surface area contributed by atoms with E-state index >= 15 is 0 Å². The maximum Gasteiger partial charge on any atom is 0.241 e. The van der Waals surface area contributed by atoms with E-state index in [1.165, 1.54) is 0 Å². The van der Waals surface area contributed by atoms with Gasteiger partial charge in [-0.2, -0.15) is 5.10 Å². The first-order chi connectivity index (χ1) is 11.0. The number of nitrogens with one attached hydrogen (secondary N) is 2. The number of amides is 1. The van der Waals surface area contributed by atoms with Crippen LogP contribution in [0.3, 0.4) is 0 Å². The average molecular weight is 373 g/mol. The highest BCUT2D eigenvalue weighted by atomic mass is 35.5. The molecule has 1 atom stereocenters. The third kappa shape index (κ3) is 5.12. The van der Waals surface area contributed by atoms with Crippen LogP contribution in [0.15, 0.2) is 30.6 Å². The molecule has 0 aliphatic carbocycles. The minimum Gasteiger partial charge on any atom is -0.497 e. The molecule has 24 heavy (non-hydrogen) atoms. The van der Waals surface area contributed by atoms with Crippen LogP contribution in [-0.2, 0) is 18.3 Å². The van der Waals surface area contributed by atoms with E-state index in [2.05, 4.69) is 15.7 Å². The van der Waals surface area contributed by atoms with E-state index in [4.69, 9.17) is 16.3 Å². The molecule has 0 spiro atoms. The topological polar surface area (TPSA) is 68.2 Å². The van der Waals surface area contributed by atoms with Gasteiger partial charge in [0.2, 0.25) is 5.91 Å². The zero-order chi connectivity index (χ0) is 16.8. The van der Waals surface area contributed by atoms with E-state index in [0.29, 0.717) is 18.0 Å². The van der Waals surface area contributed by atoms with Gasteiger partial charge in [0.05, 0.1) is 13.3 Å². The molecule has 8 heteroatoms. The lowest BCUT2D eigenvalue weighted by Gasteiger charge is -2.15. The molecule has 0 fully saturated rings. The molecule has 1 heterocycles. The number of halogens is 2. The fourth-order valence-electron chi connectivity index (χ4n) is 2.32. The van der Waals surface area contributed by atoms with E-state index < -0.39 is 6.04 Å². The minimum atomic E-state index is -0.421. The van der Waals surface area contributed by atoms with Crippen LogP contribution in [0.1, 0.15) is 17.2 Å². The van der Waals surface area contributed by atoms with Crippen LogP contribution in [0, 0.1) is 0 Å². The monoisotopic (exact) mass is 372 g/mol. The Morgan fingerprint density at radius 3 is 2.75 bits per heavy atom. The first-order valence-corrected chi connectivity index (χ1v) is 7.69. The summed E-state index contributed by atoms with van der Waals surface area (Å²) in [4.78, 5) is 12.3. The molecule has 0 saturated carbocycles. The Balaban J connectivity index is 0.00000288. The largest absolute Gasteiger partial charge is 0.497 e. The molecule has 6 nitrogen and oxygen atoms in total. The zero-order valence-electron chi connectivity index (χ0n) is 13.9. The van der Waals surface area contributed by atoms with Crippen LogP contribution in [0.2, 0.25) is 5.02 Å². The van der Waals surface area contributed by atoms with E-state index in [0.717, 1.165) is 16.9 Å². The van der Waals surface area contributed by atoms with Crippen molar-refractivity contribution in [1.29, 1.82) is 0 Å². The second kappa shape index (κ2) is 9.52. The molecular formula is C16H22Cl2N4O2. The fourth-order valence-corrected chi connectivity index (χ4v) is 2.58. The number of hydrogen-bond donors (Lipinski definition) is 2. The highest BCUT2D eigenvalue weighted by molar-refractivity contribution is 6.31. The van der Waals surface area contributed by atoms with Gasteiger partial charge in [-0.05, 0) is 31.2 Å². The van der Waals surface area contributed by atoms with Gasteiger partial charge in [0, 0.05) is 30.4 Å². The summed E-state index contributed by atoms with van der Waals surface area (Å²) in [6, 6.07) is 5.11. The number of aromatic nitrogens is 2. The van der Waals surface area contributed by atoms with Crippen LogP contribution < -0.4 is 15.4 Å². The zero-order valence-corrected chi connectivity index (χ0v) is 15.4. The molecule has 0 aliphatic rings. The van der Waals surface area contributed by atoms with Crippen LogP contribution in [-0.4, -0.2) is 36.4 Å². The average Bonchev–Trinajstić information content (AvgIpc) is 2.95. The number of ether oxygens (including phenoxy) is 1. The Hall–Kier alpha value is -1.76. The fraction of sp³-hybridized carbons (Fsp3) is 0.375. The second-order valence-electron chi connectivity index (χ2n) is 5.17. The third-order valence-corrected chi connectivity index (χ3v) is 3.91. The van der Waals surface area contributed by atoms with Crippen molar-refractivity contribution >= 4 is 29.9 Å². The molecule has 0 bridgehead atoms. The Labute approximate surface area is 152 Å². The van der Waals surface area contributed by atoms with Crippen molar-refractivity contribution < 1.29 is 9.53 Å². The highest BCUT2D eigenvalue weighted by Gasteiger charge is 2.19. The highest BCUT2D eigenvalue weighted by Crippen LogP contribution is 2.22. The summed E-state index contributed by atoms with van der Waals surface area (Å²) in [5.74, 6) is 0.625. The van der Waals surface area contributed by atoms with Gasteiger partial charge >= 0.3 is 0 Å². The van der Waals surface area contributed by atoms with E-state index in [9.17, 15) is 4.79 Å². The van der Waals surface area contributed by atoms with Crippen molar-refractivity contribution in [3.8, 4) is 5.75 Å². The predicted octanol–water partition coefficient (Wildman–Crippen LogP) is 2.12. The molecule has 132 valence electrons. The molecule has 2 aromatic rings. The summed E-state index contributed by atoms with van der Waals surface area (Å²) in [7, 11) is 5.17. The van der Waals surface area contributed by atoms with Crippen molar-refractivity contribution in [2.24, 2.45) is 7.05 Å². The van der Waals surface area contributed by atoms with E-state index in [1.54, 1.807) is 31.1 Å². The lowest BCUT2D eigenvalue weighted by Crippen LogP contribution is -2.36. The maximum absolute atomic E-state index is 12.3. The predicted molar refractivity (Wildman–Crippen MR) is 97.0 cm³/mol. The number of hydrogen-bond acceptors (Lipinski definition) is 4. The molecule has 1 unspecified atom stereocenters. The molecule has 0 saturated heterocycles. The van der Waals surface area contributed by atoms with Crippen molar-refractivity contribution in [2.45, 2.75) is 12.5 Å². The maximum atomic E-state index is 12.3. The van der Waals surface area contributed by atoms with Crippen molar-refractivity contribution in [2.75, 3.05) is 20.7 Å². The first-order valence-electron chi connectivity index (χ1n) is 7.31. The first kappa shape index (κ1) is 20.3. The smallest absolute Gasteiger partial charge is 0.241 e. The number of rotatable bonds is 7. The van der Waals surface area contributed by atoms with Crippen LogP contribution in [0.25, 0.3) is 0 Å². The standard InChI is InChI=1S/C16H21ClN4O2.ClH/c1-18-15(12-9-20-21(2)10-12)16(22)19-7-6-11-4-5-13(23-3)8-14(11)17;/h4-5,8-10,15,18H,6-7H2,1-3H3,(H,19,22);1H. The third-order valence-electron chi connectivity index (χ3n) is 3.56. The lowest BCUT2D eigenvalue weighted by molar-refractivity contribution is -0.123. The number of aryl methyl sites for hydroxylation is 1. The molecule has 1 amide bonds. The van der Waals surface area contributed by atoms with Gasteiger partial charge < -0.3 is 15.4 Å². The number of carbonyl (C=O) groups is 1. The van der Waals surface area contributed by atoms with Crippen LogP contribution >= 0.6 is 24.0 Å². The SMILES string of the molecule is CNC(C(=O)NCCc1ccc(OC)cc1Cl)c1cnn(C)c1.Cl. The van der Waals surface area contributed by atoms with Crippen molar-refractivity contribution in [1.82, 2.24) is 20.4 Å². The van der Waals surface area contributed by atoms with Crippen molar-refractivity contribution in [3.05, 3.63) is 46.7 Å². The number of benzene rings is 1. The van der Waals surface area contributed by atoms with E-state index in [-0.39, 0.29) is 18.3 Å². The number of nitrogens with zero attached hydrogens (tertiary/aromatic N) is 2. The van der Waals surface area contributed by atoms with Gasteiger partial charge in [-0.1, -0.05) is 17.7 Å². The van der Waals surface area contributed by atoms with Gasteiger partial charge in [0.25, 0.3) is 0 Å². The Kier molecular flexibility index (Phi) is 8.04. The van der Waals surface area contributed by atoms with Gasteiger partial charge in [-0.3, -0.25) is 9.48 Å². The van der Waals surface area contributed by atoms with E-state index in [1.807, 2.05) is 25.4 Å². The second-order valence-corrected chi connectivity index (χ2v) is 5.57. The molecule has 0 radical (unpaired) electrons. The lowest BCUT2D eigenvalue weighted by atomic mass is 10.1. The van der Waals surface area contributed by atoms with Gasteiger partial charge in [0.15, 0.2) is 0 Å². The summed E-state index contributed by atoms with van der Waals surface area (Å²) in [5, 5.41) is 10.6. The number of methoxy groups -OCH3 is 1. The minimum absolute atomic E-state index is 0. The van der Waals surface area contributed by atoms with Gasteiger partial charge in [-0.25, -0.2) is 0 Å². The molecule has 1 aromatic heterocycles. The molecule has 2 rings (SSSR count). The number of likely N-dealkylation sites (N-methyl/N-ethyl adjacent to an activating group) is 1. The van der Waals surface area contributed by atoms with Gasteiger partial charge in [-0.15, -0.1) is 12.4 Å². The Morgan fingerprint density at radius 2 is 2.21 bits per heavy atom. The molecular weight excluding hydrogens is 351 g/mol.